The maximum atomic E-state index is 2.50. The van der Waals surface area contributed by atoms with Gasteiger partial charge in [0.1, 0.15) is 0 Å². The Bertz CT molecular complexity index is 2920. The summed E-state index contributed by atoms with van der Waals surface area (Å²) in [6.07, 6.45) is 0. The molecule has 0 aromatic heterocycles. The summed E-state index contributed by atoms with van der Waals surface area (Å²) in [7, 11) is 0. The molecule has 0 heterocycles. The van der Waals surface area contributed by atoms with Crippen molar-refractivity contribution in [1.29, 1.82) is 0 Å². The van der Waals surface area contributed by atoms with Crippen LogP contribution in [-0.4, -0.2) is 0 Å². The number of rotatable bonds is 6. The van der Waals surface area contributed by atoms with E-state index >= 15 is 0 Å². The summed E-state index contributed by atoms with van der Waals surface area (Å²) in [5, 5.41) is 2.53. The van der Waals surface area contributed by atoms with Gasteiger partial charge in [0.15, 0.2) is 0 Å². The Labute approximate surface area is 335 Å². The van der Waals surface area contributed by atoms with E-state index in [4.69, 9.17) is 0 Å². The van der Waals surface area contributed by atoms with E-state index in [1.807, 2.05) is 0 Å². The van der Waals surface area contributed by atoms with Gasteiger partial charge < -0.3 is 4.90 Å². The monoisotopic (exact) mass is 727 g/mol. The molecule has 1 heteroatoms. The van der Waals surface area contributed by atoms with Crippen molar-refractivity contribution in [2.45, 2.75) is 24.7 Å². The molecule has 9 aromatic carbocycles. The molecule has 0 N–H and O–H groups in total. The van der Waals surface area contributed by atoms with E-state index in [-0.39, 0.29) is 5.41 Å². The third-order valence-corrected chi connectivity index (χ3v) is 12.7. The molecule has 0 aliphatic heterocycles. The van der Waals surface area contributed by atoms with Crippen molar-refractivity contribution in [1.82, 2.24) is 0 Å². The van der Waals surface area contributed by atoms with E-state index in [1.54, 1.807) is 0 Å². The lowest BCUT2D eigenvalue weighted by Gasteiger charge is -2.35. The molecule has 9 aromatic rings. The molecule has 0 spiro atoms. The zero-order valence-electron chi connectivity index (χ0n) is 32.2. The second-order valence-electron chi connectivity index (χ2n) is 16.0. The van der Waals surface area contributed by atoms with Crippen LogP contribution in [0.25, 0.3) is 44.2 Å². The standard InChI is InChI=1S/C56H41N/c1-55(2)50-33-19-31-43(38-20-7-3-8-21-38)53(50)48-37-52(46-29-15-16-30-47(46)54(48)55)57(41-26-13-6-14-27-41)42-34-35-45-44-28-17-18-32-49(44)56(51(45)36-42,39-22-9-4-10-23-39)40-24-11-5-12-25-40/h3-37H,1-2H3. The maximum Gasteiger partial charge on any atom is 0.0714 e. The van der Waals surface area contributed by atoms with E-state index in [2.05, 4.69) is 231 Å². The lowest BCUT2D eigenvalue weighted by Crippen LogP contribution is -2.28. The lowest BCUT2D eigenvalue weighted by atomic mass is 9.67. The molecule has 0 saturated carbocycles. The molecule has 0 radical (unpaired) electrons. The van der Waals surface area contributed by atoms with Gasteiger partial charge in [-0.2, -0.15) is 0 Å². The van der Waals surface area contributed by atoms with Crippen LogP contribution in [0.2, 0.25) is 0 Å². The normalized spacial score (nSPS) is 14.1. The summed E-state index contributed by atoms with van der Waals surface area (Å²) in [5.74, 6) is 0. The minimum Gasteiger partial charge on any atom is -0.310 e. The van der Waals surface area contributed by atoms with Crippen LogP contribution in [-0.2, 0) is 10.8 Å². The van der Waals surface area contributed by atoms with Gasteiger partial charge in [0.25, 0.3) is 0 Å². The van der Waals surface area contributed by atoms with E-state index < -0.39 is 5.41 Å². The molecule has 0 atom stereocenters. The SMILES string of the molecule is CC1(C)c2cccc(-c3ccccc3)c2-c2cc(N(c3ccccc3)c3ccc4c(c3)C(c3ccccc3)(c3ccccc3)c3ccccc3-4)c3ccccc3c21. The molecule has 11 rings (SSSR count). The molecular formula is C56H41N. The fourth-order valence-electron chi connectivity index (χ4n) is 10.3. The molecule has 0 fully saturated rings. The number of benzene rings is 9. The molecule has 1 nitrogen and oxygen atoms in total. The van der Waals surface area contributed by atoms with Gasteiger partial charge in [0.2, 0.25) is 0 Å². The van der Waals surface area contributed by atoms with E-state index in [1.165, 1.54) is 83.2 Å². The summed E-state index contributed by atoms with van der Waals surface area (Å²) >= 11 is 0. The predicted molar refractivity (Wildman–Crippen MR) is 239 cm³/mol. The largest absolute Gasteiger partial charge is 0.310 e. The van der Waals surface area contributed by atoms with Crippen LogP contribution in [0.1, 0.15) is 47.2 Å². The molecule has 0 amide bonds. The lowest BCUT2D eigenvalue weighted by molar-refractivity contribution is 0.666. The minimum absolute atomic E-state index is 0.185. The van der Waals surface area contributed by atoms with Crippen molar-refractivity contribution in [2.75, 3.05) is 4.90 Å². The van der Waals surface area contributed by atoms with Gasteiger partial charge in [-0.25, -0.2) is 0 Å². The first kappa shape index (κ1) is 33.4. The topological polar surface area (TPSA) is 3.24 Å². The summed E-state index contributed by atoms with van der Waals surface area (Å²) < 4.78 is 0. The Morgan fingerprint density at radius 3 is 1.61 bits per heavy atom. The van der Waals surface area contributed by atoms with Gasteiger partial charge in [-0.1, -0.05) is 196 Å². The molecular weight excluding hydrogens is 687 g/mol. The van der Waals surface area contributed by atoms with Crippen LogP contribution in [0.15, 0.2) is 212 Å². The van der Waals surface area contributed by atoms with Gasteiger partial charge in [-0.15, -0.1) is 0 Å². The van der Waals surface area contributed by atoms with Gasteiger partial charge in [0.05, 0.1) is 11.1 Å². The van der Waals surface area contributed by atoms with Crippen LogP contribution in [0.4, 0.5) is 17.1 Å². The number of hydrogen-bond donors (Lipinski definition) is 0. The first-order valence-corrected chi connectivity index (χ1v) is 20.0. The molecule has 270 valence electrons. The van der Waals surface area contributed by atoms with Crippen molar-refractivity contribution >= 4 is 27.8 Å². The summed E-state index contributed by atoms with van der Waals surface area (Å²) in [4.78, 5) is 2.50. The average Bonchev–Trinajstić information content (AvgIpc) is 3.70. The maximum absolute atomic E-state index is 2.50. The zero-order chi connectivity index (χ0) is 38.1. The summed E-state index contributed by atoms with van der Waals surface area (Å²) in [6, 6.07) is 78.6. The zero-order valence-corrected chi connectivity index (χ0v) is 32.2. The third kappa shape index (κ3) is 4.82. The Morgan fingerprint density at radius 2 is 0.912 bits per heavy atom. The number of para-hydroxylation sites is 1. The van der Waals surface area contributed by atoms with Gasteiger partial charge >= 0.3 is 0 Å². The summed E-state index contributed by atoms with van der Waals surface area (Å²) in [6.45, 7) is 4.80. The van der Waals surface area contributed by atoms with E-state index in [9.17, 15) is 0 Å². The molecule has 2 aliphatic rings. The Kier molecular flexibility index (Phi) is 7.50. The summed E-state index contributed by atoms with van der Waals surface area (Å²) in [5.41, 5.74) is 18.4. The van der Waals surface area contributed by atoms with Crippen LogP contribution < -0.4 is 4.90 Å². The molecule has 0 unspecified atom stereocenters. The van der Waals surface area contributed by atoms with Crippen molar-refractivity contribution in [3.8, 4) is 33.4 Å². The number of hydrogen-bond acceptors (Lipinski definition) is 1. The second kappa shape index (κ2) is 12.8. The molecule has 0 bridgehead atoms. The molecule has 57 heavy (non-hydrogen) atoms. The van der Waals surface area contributed by atoms with Crippen molar-refractivity contribution < 1.29 is 0 Å². The second-order valence-corrected chi connectivity index (χ2v) is 16.0. The first-order valence-electron chi connectivity index (χ1n) is 20.0. The Balaban J connectivity index is 1.22. The van der Waals surface area contributed by atoms with Crippen LogP contribution in [0, 0.1) is 0 Å². The average molecular weight is 728 g/mol. The van der Waals surface area contributed by atoms with Crippen molar-refractivity contribution in [2.24, 2.45) is 0 Å². The van der Waals surface area contributed by atoms with Crippen LogP contribution in [0.5, 0.6) is 0 Å². The smallest absolute Gasteiger partial charge is 0.0714 e. The quantitative estimate of drug-likeness (QED) is 0.165. The highest BCUT2D eigenvalue weighted by Gasteiger charge is 2.46. The highest BCUT2D eigenvalue weighted by Crippen LogP contribution is 2.59. The van der Waals surface area contributed by atoms with Crippen LogP contribution >= 0.6 is 0 Å². The van der Waals surface area contributed by atoms with Crippen molar-refractivity contribution in [3.63, 3.8) is 0 Å². The van der Waals surface area contributed by atoms with Gasteiger partial charge in [-0.05, 0) is 102 Å². The van der Waals surface area contributed by atoms with E-state index in [0.29, 0.717) is 0 Å². The number of fused-ring (bicyclic) bond motifs is 8. The van der Waals surface area contributed by atoms with Gasteiger partial charge in [0, 0.05) is 22.2 Å². The highest BCUT2D eigenvalue weighted by atomic mass is 15.1. The first-order chi connectivity index (χ1) is 28.1. The number of nitrogens with zero attached hydrogens (tertiary/aromatic N) is 1. The number of anilines is 3. The molecule has 0 saturated heterocycles. The Hall–Kier alpha value is -6.96. The van der Waals surface area contributed by atoms with Crippen molar-refractivity contribution in [3.05, 3.63) is 246 Å². The van der Waals surface area contributed by atoms with E-state index in [0.717, 1.165) is 11.4 Å². The fraction of sp³-hybridized carbons (Fsp3) is 0.0714. The fourth-order valence-corrected chi connectivity index (χ4v) is 10.3. The Morgan fingerprint density at radius 1 is 0.368 bits per heavy atom. The highest BCUT2D eigenvalue weighted by molar-refractivity contribution is 6.09. The van der Waals surface area contributed by atoms with Crippen LogP contribution in [0.3, 0.4) is 0 Å². The predicted octanol–water partition coefficient (Wildman–Crippen LogP) is 14.6. The minimum atomic E-state index is -0.500. The third-order valence-electron chi connectivity index (χ3n) is 12.7. The van der Waals surface area contributed by atoms with Gasteiger partial charge in [-0.3, -0.25) is 0 Å². The molecule has 2 aliphatic carbocycles.